The first-order valence-corrected chi connectivity index (χ1v) is 21.1. The number of nitrogens with zero attached hydrogens (tertiary/aromatic N) is 2. The van der Waals surface area contributed by atoms with E-state index in [2.05, 4.69) is 176 Å². The van der Waals surface area contributed by atoms with E-state index >= 15 is 0 Å². The first kappa shape index (κ1) is 38.6. The molecule has 0 saturated heterocycles. The summed E-state index contributed by atoms with van der Waals surface area (Å²) in [6.07, 6.45) is 13.9. The topological polar surface area (TPSA) is 34.6 Å². The fraction of sp³-hybridized carbons (Fsp3) is 0.235. The Bertz CT molecular complexity index is 2190. The summed E-state index contributed by atoms with van der Waals surface area (Å²) in [6.45, 7) is 5.96. The van der Waals surface area contributed by atoms with Crippen molar-refractivity contribution >= 4 is 50.8 Å². The molecule has 0 aliphatic heterocycles. The fourth-order valence-corrected chi connectivity index (χ4v) is 7.85. The molecule has 0 aliphatic rings. The minimum absolute atomic E-state index is 0.743. The fourth-order valence-electron chi connectivity index (χ4n) is 6.89. The molecule has 1 aromatic heterocycles. The number of aromatic nitrogens is 1. The van der Waals surface area contributed by atoms with E-state index in [0.29, 0.717) is 0 Å². The standard InChI is InChI=1S/C51H52N2O2S/c1-3-5-7-14-36-54-46-32-28-44(29-33-46)53(45-30-34-47(35-31-45)55-37-15-8-6-4-2)43-26-24-41(25-27-43)48-38-42(51-52-49-18-12-13-19-50(49)56-51)23-22-40(48)21-20-39-16-10-9-11-17-39/h9-13,16-35,38H,3-8,14-15,36-37H2,1-2H3/b21-20+. The Morgan fingerprint density at radius 1 is 0.536 bits per heavy atom. The smallest absolute Gasteiger partial charge is 0.124 e. The van der Waals surface area contributed by atoms with Crippen molar-refractivity contribution in [1.29, 1.82) is 0 Å². The number of benzene rings is 6. The Balaban J connectivity index is 1.20. The van der Waals surface area contributed by atoms with E-state index in [1.165, 1.54) is 48.8 Å². The van der Waals surface area contributed by atoms with Crippen LogP contribution in [0.1, 0.15) is 76.3 Å². The number of unbranched alkanes of at least 4 members (excludes halogenated alkanes) is 6. The maximum atomic E-state index is 6.11. The number of rotatable bonds is 19. The second-order valence-electron chi connectivity index (χ2n) is 14.2. The number of hydrogen-bond donors (Lipinski definition) is 0. The van der Waals surface area contributed by atoms with Crippen molar-refractivity contribution in [3.63, 3.8) is 0 Å². The van der Waals surface area contributed by atoms with Gasteiger partial charge in [0.05, 0.1) is 23.4 Å². The third-order valence-corrected chi connectivity index (χ3v) is 11.1. The molecule has 0 amide bonds. The summed E-state index contributed by atoms with van der Waals surface area (Å²) in [5.74, 6) is 1.80. The Hall–Kier alpha value is -5.65. The lowest BCUT2D eigenvalue weighted by atomic mass is 9.96. The predicted molar refractivity (Wildman–Crippen MR) is 240 cm³/mol. The Morgan fingerprint density at radius 3 is 1.68 bits per heavy atom. The molecule has 284 valence electrons. The minimum Gasteiger partial charge on any atom is -0.494 e. The maximum absolute atomic E-state index is 6.11. The van der Waals surface area contributed by atoms with Gasteiger partial charge in [-0.2, -0.15) is 0 Å². The molecule has 0 bridgehead atoms. The molecule has 0 fully saturated rings. The molecule has 0 unspecified atom stereocenters. The molecule has 7 rings (SSSR count). The van der Waals surface area contributed by atoms with Crippen LogP contribution in [-0.2, 0) is 0 Å². The predicted octanol–water partition coefficient (Wildman–Crippen LogP) is 15.2. The van der Waals surface area contributed by atoms with Crippen LogP contribution in [0.5, 0.6) is 11.5 Å². The van der Waals surface area contributed by atoms with E-state index in [0.717, 1.165) is 87.4 Å². The van der Waals surface area contributed by atoms with Gasteiger partial charge in [0, 0.05) is 22.6 Å². The quantitative estimate of drug-likeness (QED) is 0.0608. The van der Waals surface area contributed by atoms with Crippen LogP contribution in [0.2, 0.25) is 0 Å². The average Bonchev–Trinajstić information content (AvgIpc) is 3.69. The van der Waals surface area contributed by atoms with E-state index in [4.69, 9.17) is 14.5 Å². The van der Waals surface area contributed by atoms with Crippen LogP contribution < -0.4 is 14.4 Å². The lowest BCUT2D eigenvalue weighted by Gasteiger charge is -2.26. The normalized spacial score (nSPS) is 11.3. The zero-order valence-electron chi connectivity index (χ0n) is 32.7. The molecule has 6 aromatic carbocycles. The molecule has 0 radical (unpaired) electrons. The van der Waals surface area contributed by atoms with Gasteiger partial charge in [0.1, 0.15) is 16.5 Å². The second kappa shape index (κ2) is 19.8. The number of hydrogen-bond acceptors (Lipinski definition) is 5. The van der Waals surface area contributed by atoms with Crippen molar-refractivity contribution < 1.29 is 9.47 Å². The van der Waals surface area contributed by atoms with Gasteiger partial charge in [-0.1, -0.05) is 131 Å². The van der Waals surface area contributed by atoms with Crippen molar-refractivity contribution in [2.75, 3.05) is 18.1 Å². The van der Waals surface area contributed by atoms with E-state index in [1.54, 1.807) is 11.3 Å². The summed E-state index contributed by atoms with van der Waals surface area (Å²) in [5.41, 5.74) is 9.96. The van der Waals surface area contributed by atoms with Crippen LogP contribution in [0.25, 0.3) is 44.1 Å². The third-order valence-electron chi connectivity index (χ3n) is 10.0. The molecule has 7 aromatic rings. The van der Waals surface area contributed by atoms with E-state index < -0.39 is 0 Å². The number of anilines is 3. The van der Waals surface area contributed by atoms with Crippen LogP contribution in [0.15, 0.2) is 146 Å². The number of ether oxygens (including phenoxy) is 2. The number of fused-ring (bicyclic) bond motifs is 1. The lowest BCUT2D eigenvalue weighted by molar-refractivity contribution is 0.305. The summed E-state index contributed by atoms with van der Waals surface area (Å²) < 4.78 is 13.4. The van der Waals surface area contributed by atoms with Gasteiger partial charge in [0.15, 0.2) is 0 Å². The van der Waals surface area contributed by atoms with Gasteiger partial charge in [-0.05, 0) is 114 Å². The molecule has 0 atom stereocenters. The van der Waals surface area contributed by atoms with E-state index in [1.807, 2.05) is 0 Å². The highest BCUT2D eigenvalue weighted by molar-refractivity contribution is 7.21. The average molecular weight is 757 g/mol. The highest BCUT2D eigenvalue weighted by Gasteiger charge is 2.15. The first-order chi connectivity index (χ1) is 27.7. The Morgan fingerprint density at radius 2 is 1.09 bits per heavy atom. The minimum atomic E-state index is 0.743. The van der Waals surface area contributed by atoms with Crippen molar-refractivity contribution in [1.82, 2.24) is 4.98 Å². The van der Waals surface area contributed by atoms with Crippen LogP contribution in [0.4, 0.5) is 17.1 Å². The number of para-hydroxylation sites is 1. The van der Waals surface area contributed by atoms with Crippen molar-refractivity contribution in [3.05, 3.63) is 157 Å². The van der Waals surface area contributed by atoms with E-state index in [9.17, 15) is 0 Å². The molecule has 4 nitrogen and oxygen atoms in total. The van der Waals surface area contributed by atoms with Gasteiger partial charge in [0.25, 0.3) is 0 Å². The van der Waals surface area contributed by atoms with Gasteiger partial charge in [-0.25, -0.2) is 4.98 Å². The highest BCUT2D eigenvalue weighted by Crippen LogP contribution is 2.39. The molecule has 0 N–H and O–H groups in total. The zero-order valence-corrected chi connectivity index (χ0v) is 33.5. The molecule has 0 saturated carbocycles. The Kier molecular flexibility index (Phi) is 13.6. The largest absolute Gasteiger partial charge is 0.494 e. The molecule has 0 aliphatic carbocycles. The number of thiazole rings is 1. The highest BCUT2D eigenvalue weighted by atomic mass is 32.1. The van der Waals surface area contributed by atoms with Crippen molar-refractivity contribution in [2.45, 2.75) is 65.2 Å². The summed E-state index contributed by atoms with van der Waals surface area (Å²) in [6, 6.07) is 51.4. The molecule has 5 heteroatoms. The monoisotopic (exact) mass is 756 g/mol. The van der Waals surface area contributed by atoms with Crippen LogP contribution in [0, 0.1) is 0 Å². The van der Waals surface area contributed by atoms with Gasteiger partial charge in [0.2, 0.25) is 0 Å². The lowest BCUT2D eigenvalue weighted by Crippen LogP contribution is -2.10. The molecule has 56 heavy (non-hydrogen) atoms. The van der Waals surface area contributed by atoms with Gasteiger partial charge in [-0.3, -0.25) is 0 Å². The van der Waals surface area contributed by atoms with Crippen molar-refractivity contribution in [2.24, 2.45) is 0 Å². The van der Waals surface area contributed by atoms with Crippen LogP contribution in [0.3, 0.4) is 0 Å². The van der Waals surface area contributed by atoms with Crippen molar-refractivity contribution in [3.8, 4) is 33.2 Å². The van der Waals surface area contributed by atoms with E-state index in [-0.39, 0.29) is 0 Å². The summed E-state index contributed by atoms with van der Waals surface area (Å²) in [5, 5.41) is 1.02. The SMILES string of the molecule is CCCCCCOc1ccc(N(c2ccc(OCCCCCC)cc2)c2ccc(-c3cc(-c4nc5ccccc5s4)ccc3/C=C/c3ccccc3)cc2)cc1. The van der Waals surface area contributed by atoms with Gasteiger partial charge < -0.3 is 14.4 Å². The maximum Gasteiger partial charge on any atom is 0.124 e. The summed E-state index contributed by atoms with van der Waals surface area (Å²) in [7, 11) is 0. The summed E-state index contributed by atoms with van der Waals surface area (Å²) >= 11 is 1.73. The molecular formula is C51H52N2O2S. The van der Waals surface area contributed by atoms with Gasteiger partial charge >= 0.3 is 0 Å². The van der Waals surface area contributed by atoms with Crippen LogP contribution >= 0.6 is 11.3 Å². The third kappa shape index (κ3) is 10.1. The zero-order chi connectivity index (χ0) is 38.4. The molecular weight excluding hydrogens is 705 g/mol. The second-order valence-corrected chi connectivity index (χ2v) is 15.3. The van der Waals surface area contributed by atoms with Crippen LogP contribution in [-0.4, -0.2) is 18.2 Å². The summed E-state index contributed by atoms with van der Waals surface area (Å²) in [4.78, 5) is 7.29. The molecule has 1 heterocycles. The Labute approximate surface area is 337 Å². The molecule has 0 spiro atoms. The van der Waals surface area contributed by atoms with Gasteiger partial charge in [-0.15, -0.1) is 11.3 Å². The first-order valence-electron chi connectivity index (χ1n) is 20.3.